The van der Waals surface area contributed by atoms with E-state index in [-0.39, 0.29) is 6.10 Å². The Balaban J connectivity index is 0.000000354. The lowest BCUT2D eigenvalue weighted by molar-refractivity contribution is -0.127. The molecule has 4 rings (SSSR count). The van der Waals surface area contributed by atoms with Crippen LogP contribution in [0.1, 0.15) is 85.0 Å². The van der Waals surface area contributed by atoms with E-state index in [1.165, 1.54) is 51.4 Å². The number of rotatable bonds is 0. The quantitative estimate of drug-likeness (QED) is 0.683. The molecule has 4 aliphatic rings. The Morgan fingerprint density at radius 1 is 1.00 bits per heavy atom. The smallest absolute Gasteiger partial charge is 0.133 e. The Hall–Kier alpha value is -0.370. The van der Waals surface area contributed by atoms with Crippen molar-refractivity contribution in [1.82, 2.24) is 0 Å². The third-order valence-corrected chi connectivity index (χ3v) is 7.55. The van der Waals surface area contributed by atoms with Crippen molar-refractivity contribution in [3.05, 3.63) is 0 Å². The van der Waals surface area contributed by atoms with Crippen LogP contribution in [-0.2, 0) is 4.79 Å². The maximum Gasteiger partial charge on any atom is 0.133 e. The van der Waals surface area contributed by atoms with Gasteiger partial charge in [-0.05, 0) is 93.8 Å². The van der Waals surface area contributed by atoms with E-state index < -0.39 is 0 Å². The van der Waals surface area contributed by atoms with E-state index in [1.54, 1.807) is 13.8 Å². The zero-order valence-electron chi connectivity index (χ0n) is 15.4. The predicted octanol–water partition coefficient (Wildman–Crippen LogP) is 4.99. The SMILES string of the molecule is CC(C)O.CC12CCCC1C1CCC3CC(=O)CCC3C1CC2. The maximum atomic E-state index is 11.7. The van der Waals surface area contributed by atoms with Crippen molar-refractivity contribution < 1.29 is 9.90 Å². The highest BCUT2D eigenvalue weighted by molar-refractivity contribution is 5.79. The molecule has 0 radical (unpaired) electrons. The van der Waals surface area contributed by atoms with Gasteiger partial charge in [-0.2, -0.15) is 0 Å². The van der Waals surface area contributed by atoms with Crippen molar-refractivity contribution in [2.75, 3.05) is 0 Å². The first-order valence-electron chi connectivity index (χ1n) is 10.1. The molecule has 0 bridgehead atoms. The molecule has 0 spiro atoms. The van der Waals surface area contributed by atoms with Crippen molar-refractivity contribution in [1.29, 1.82) is 0 Å². The molecule has 0 aromatic rings. The van der Waals surface area contributed by atoms with E-state index in [0.717, 1.165) is 42.4 Å². The molecule has 0 aromatic heterocycles. The summed E-state index contributed by atoms with van der Waals surface area (Å²) in [5.74, 6) is 5.29. The molecule has 23 heavy (non-hydrogen) atoms. The number of hydrogen-bond donors (Lipinski definition) is 1. The van der Waals surface area contributed by atoms with E-state index in [4.69, 9.17) is 5.11 Å². The Kier molecular flexibility index (Phi) is 5.21. The average molecular weight is 321 g/mol. The van der Waals surface area contributed by atoms with Gasteiger partial charge in [-0.25, -0.2) is 0 Å². The minimum Gasteiger partial charge on any atom is -0.394 e. The first-order chi connectivity index (χ1) is 10.9. The Morgan fingerprint density at radius 3 is 2.48 bits per heavy atom. The highest BCUT2D eigenvalue weighted by Crippen LogP contribution is 2.62. The largest absolute Gasteiger partial charge is 0.394 e. The molecule has 0 aliphatic heterocycles. The standard InChI is InChI=1S/C18H28O.C3H8O/c1-18-9-2-3-17(18)16-6-4-12-11-13(19)5-7-14(12)15(16)8-10-18;1-3(2)4/h12,14-17H,2-11H2,1H3;3-4H,1-2H3. The number of Topliss-reactive ketones (excluding diaryl/α,β-unsaturated/α-hetero) is 1. The summed E-state index contributed by atoms with van der Waals surface area (Å²) in [6.45, 7) is 6.03. The van der Waals surface area contributed by atoms with E-state index in [2.05, 4.69) is 6.92 Å². The lowest BCUT2D eigenvalue weighted by Gasteiger charge is -2.54. The number of hydrogen-bond acceptors (Lipinski definition) is 2. The molecular formula is C21H36O2. The molecule has 0 amide bonds. The highest BCUT2D eigenvalue weighted by Gasteiger charge is 2.53. The monoisotopic (exact) mass is 320 g/mol. The van der Waals surface area contributed by atoms with Gasteiger partial charge in [0.05, 0.1) is 0 Å². The normalized spacial score (nSPS) is 45.6. The van der Waals surface area contributed by atoms with Crippen LogP contribution in [-0.4, -0.2) is 17.0 Å². The topological polar surface area (TPSA) is 37.3 Å². The number of carbonyl (C=O) groups excluding carboxylic acids is 1. The molecule has 1 N–H and O–H groups in total. The van der Waals surface area contributed by atoms with Crippen molar-refractivity contribution >= 4 is 5.78 Å². The predicted molar refractivity (Wildman–Crippen MR) is 94.1 cm³/mol. The van der Waals surface area contributed by atoms with E-state index >= 15 is 0 Å². The Labute approximate surface area is 142 Å². The van der Waals surface area contributed by atoms with E-state index in [9.17, 15) is 4.79 Å². The second-order valence-electron chi connectivity index (χ2n) is 9.40. The summed E-state index contributed by atoms with van der Waals surface area (Å²) in [4.78, 5) is 11.7. The minimum absolute atomic E-state index is 0.167. The molecule has 4 fully saturated rings. The van der Waals surface area contributed by atoms with Crippen LogP contribution in [0.25, 0.3) is 0 Å². The van der Waals surface area contributed by atoms with Crippen LogP contribution in [0.2, 0.25) is 0 Å². The van der Waals surface area contributed by atoms with Crippen molar-refractivity contribution in [2.24, 2.45) is 35.0 Å². The van der Waals surface area contributed by atoms with Gasteiger partial charge >= 0.3 is 0 Å². The number of aliphatic hydroxyl groups is 1. The molecule has 6 atom stereocenters. The summed E-state index contributed by atoms with van der Waals surface area (Å²) in [6.07, 6.45) is 13.1. The third-order valence-electron chi connectivity index (χ3n) is 7.55. The molecule has 4 saturated carbocycles. The molecule has 132 valence electrons. The van der Waals surface area contributed by atoms with Crippen LogP contribution in [0.15, 0.2) is 0 Å². The summed E-state index contributed by atoms with van der Waals surface area (Å²) in [5.41, 5.74) is 0.693. The molecule has 0 aromatic carbocycles. The second kappa shape index (κ2) is 6.86. The molecule has 4 aliphatic carbocycles. The van der Waals surface area contributed by atoms with Crippen LogP contribution in [0.5, 0.6) is 0 Å². The summed E-state index contributed by atoms with van der Waals surface area (Å²) >= 11 is 0. The molecule has 6 unspecified atom stereocenters. The summed E-state index contributed by atoms with van der Waals surface area (Å²) in [5, 5.41) is 8.06. The highest BCUT2D eigenvalue weighted by atomic mass is 16.3. The third kappa shape index (κ3) is 3.52. The molecule has 2 nitrogen and oxygen atoms in total. The number of ketones is 1. The lowest BCUT2D eigenvalue weighted by Crippen LogP contribution is -2.47. The second-order valence-corrected chi connectivity index (χ2v) is 9.40. The average Bonchev–Trinajstić information content (AvgIpc) is 2.88. The Bertz CT molecular complexity index is 427. The number of aliphatic hydroxyl groups excluding tert-OH is 1. The molecule has 0 heterocycles. The van der Waals surface area contributed by atoms with Gasteiger partial charge in [-0.1, -0.05) is 13.3 Å². The fourth-order valence-corrected chi connectivity index (χ4v) is 6.65. The van der Waals surface area contributed by atoms with Crippen LogP contribution in [0.4, 0.5) is 0 Å². The van der Waals surface area contributed by atoms with Crippen molar-refractivity contribution in [3.63, 3.8) is 0 Å². The zero-order chi connectivity index (χ0) is 16.6. The zero-order valence-corrected chi connectivity index (χ0v) is 15.4. The van der Waals surface area contributed by atoms with Crippen molar-refractivity contribution in [3.8, 4) is 0 Å². The van der Waals surface area contributed by atoms with Gasteiger partial charge in [0.25, 0.3) is 0 Å². The number of fused-ring (bicyclic) bond motifs is 5. The van der Waals surface area contributed by atoms with E-state index in [1.807, 2.05) is 0 Å². The van der Waals surface area contributed by atoms with Crippen LogP contribution in [0, 0.1) is 35.0 Å². The first-order valence-corrected chi connectivity index (χ1v) is 10.1. The molecule has 2 heteroatoms. The van der Waals surface area contributed by atoms with Gasteiger partial charge in [0.15, 0.2) is 0 Å². The fraction of sp³-hybridized carbons (Fsp3) is 0.952. The fourth-order valence-electron chi connectivity index (χ4n) is 6.65. The summed E-state index contributed by atoms with van der Waals surface area (Å²) in [7, 11) is 0. The summed E-state index contributed by atoms with van der Waals surface area (Å²) in [6, 6.07) is 0. The van der Waals surface area contributed by atoms with Gasteiger partial charge in [0, 0.05) is 18.9 Å². The van der Waals surface area contributed by atoms with Crippen molar-refractivity contribution in [2.45, 2.75) is 91.1 Å². The van der Waals surface area contributed by atoms with Gasteiger partial charge in [0.2, 0.25) is 0 Å². The van der Waals surface area contributed by atoms with Gasteiger partial charge in [0.1, 0.15) is 5.78 Å². The molecule has 0 saturated heterocycles. The van der Waals surface area contributed by atoms with Gasteiger partial charge in [-0.3, -0.25) is 4.79 Å². The van der Waals surface area contributed by atoms with Gasteiger partial charge < -0.3 is 5.11 Å². The Morgan fingerprint density at radius 2 is 1.74 bits per heavy atom. The minimum atomic E-state index is -0.167. The van der Waals surface area contributed by atoms with Crippen LogP contribution >= 0.6 is 0 Å². The van der Waals surface area contributed by atoms with Crippen LogP contribution in [0.3, 0.4) is 0 Å². The number of carbonyl (C=O) groups is 1. The summed E-state index contributed by atoms with van der Waals surface area (Å²) < 4.78 is 0. The lowest BCUT2D eigenvalue weighted by atomic mass is 9.51. The van der Waals surface area contributed by atoms with Crippen LogP contribution < -0.4 is 0 Å². The van der Waals surface area contributed by atoms with Gasteiger partial charge in [-0.15, -0.1) is 0 Å². The maximum absolute atomic E-state index is 11.7. The van der Waals surface area contributed by atoms with E-state index in [0.29, 0.717) is 11.2 Å². The first kappa shape index (κ1) is 17.5. The molecular weight excluding hydrogens is 284 g/mol.